The van der Waals surface area contributed by atoms with Crippen LogP contribution in [0.4, 0.5) is 5.69 Å². The summed E-state index contributed by atoms with van der Waals surface area (Å²) in [6.45, 7) is 0. The second-order valence-electron chi connectivity index (χ2n) is 9.34. The molecule has 4 amide bonds. The molecule has 1 spiro atoms. The van der Waals surface area contributed by atoms with E-state index in [0.29, 0.717) is 5.69 Å². The van der Waals surface area contributed by atoms with Gasteiger partial charge in [0.05, 0.1) is 11.1 Å². The third-order valence-electron chi connectivity index (χ3n) is 7.61. The third-order valence-corrected chi connectivity index (χ3v) is 7.61. The van der Waals surface area contributed by atoms with Gasteiger partial charge in [0.1, 0.15) is 6.04 Å². The van der Waals surface area contributed by atoms with Crippen molar-refractivity contribution in [2.24, 2.45) is 5.41 Å². The van der Waals surface area contributed by atoms with Crippen LogP contribution in [0.15, 0.2) is 18.2 Å². The molecule has 32 heavy (non-hydrogen) atoms. The van der Waals surface area contributed by atoms with Crippen molar-refractivity contribution in [3.63, 3.8) is 0 Å². The Morgan fingerprint density at radius 1 is 0.969 bits per heavy atom. The second kappa shape index (κ2) is 9.02. The molecule has 5 rings (SSSR count). The van der Waals surface area contributed by atoms with Crippen LogP contribution in [-0.4, -0.2) is 54.7 Å². The number of imide groups is 2. The van der Waals surface area contributed by atoms with Crippen molar-refractivity contribution in [3.05, 3.63) is 29.3 Å². The Kier molecular flexibility index (Phi) is 6.33. The number of nitrogens with zero attached hydrogens (tertiary/aromatic N) is 1. The molecule has 2 aliphatic carbocycles. The lowest BCUT2D eigenvalue weighted by molar-refractivity contribution is -0.136. The molecule has 2 saturated carbocycles. The number of piperidine rings is 1. The molecule has 1 saturated heterocycles. The molecular weight excluding hydrogens is 408 g/mol. The smallest absolute Gasteiger partial charge is 0.264 e. The third kappa shape index (κ3) is 4.03. The number of amides is 4. The highest BCUT2D eigenvalue weighted by molar-refractivity contribution is 6.25. The van der Waals surface area contributed by atoms with E-state index in [1.807, 2.05) is 0 Å². The molecule has 0 radical (unpaired) electrons. The molecule has 8 nitrogen and oxygen atoms in total. The van der Waals surface area contributed by atoms with Gasteiger partial charge >= 0.3 is 0 Å². The molecule has 0 bridgehead atoms. The summed E-state index contributed by atoms with van der Waals surface area (Å²) in [5.74, 6) is -1.99. The van der Waals surface area contributed by atoms with Gasteiger partial charge in [-0.15, -0.1) is 0 Å². The van der Waals surface area contributed by atoms with Crippen LogP contribution in [0, 0.1) is 5.41 Å². The average molecular weight is 441 g/mol. The van der Waals surface area contributed by atoms with E-state index in [1.165, 1.54) is 44.9 Å². The van der Waals surface area contributed by atoms with Crippen molar-refractivity contribution in [1.29, 1.82) is 0 Å². The number of hydrogen-bond donors (Lipinski definition) is 3. The van der Waals surface area contributed by atoms with Crippen LogP contribution >= 0.6 is 0 Å². The number of hydrogen-bond acceptors (Lipinski definition) is 6. The van der Waals surface area contributed by atoms with Gasteiger partial charge in [-0.1, -0.05) is 12.5 Å². The van der Waals surface area contributed by atoms with Crippen LogP contribution in [-0.2, 0) is 9.59 Å². The van der Waals surface area contributed by atoms with Crippen LogP contribution in [0.3, 0.4) is 0 Å². The van der Waals surface area contributed by atoms with E-state index in [1.54, 1.807) is 25.2 Å². The molecule has 1 unspecified atom stereocenters. The standard InChI is InChI=1S/C14H13N3O4.C10H19N/c1-15-8-4-2-3-7-11(8)14(21)17(13(7)20)9-5-6-10(18)16-12(9)19;1-11-9-3-7-10(8-4-9)5-2-6-10/h2-4,9,15H,5-6H2,1H3,(H,16,18,19);9,11H,2-8H2,1H3. The number of fused-ring (bicyclic) bond motifs is 1. The minimum Gasteiger partial charge on any atom is -0.387 e. The SMILES string of the molecule is CNC1CCC2(CCC2)CC1.CNc1cccc2c1C(=O)N(C1CCC(=O)NC1=O)C2=O. The highest BCUT2D eigenvalue weighted by Crippen LogP contribution is 2.51. The van der Waals surface area contributed by atoms with Crippen LogP contribution in [0.25, 0.3) is 0 Å². The topological polar surface area (TPSA) is 108 Å². The van der Waals surface area contributed by atoms with E-state index in [-0.39, 0.29) is 29.9 Å². The predicted octanol–water partition coefficient (Wildman–Crippen LogP) is 2.45. The molecule has 1 aromatic rings. The first-order valence-electron chi connectivity index (χ1n) is 11.6. The van der Waals surface area contributed by atoms with Gasteiger partial charge in [-0.3, -0.25) is 29.4 Å². The molecule has 0 aromatic heterocycles. The lowest BCUT2D eigenvalue weighted by Gasteiger charge is -2.47. The first-order valence-corrected chi connectivity index (χ1v) is 11.6. The Bertz CT molecular complexity index is 930. The van der Waals surface area contributed by atoms with Gasteiger partial charge < -0.3 is 10.6 Å². The van der Waals surface area contributed by atoms with E-state index >= 15 is 0 Å². The van der Waals surface area contributed by atoms with Crippen molar-refractivity contribution in [2.75, 3.05) is 19.4 Å². The highest BCUT2D eigenvalue weighted by atomic mass is 16.2. The molecule has 3 N–H and O–H groups in total. The maximum absolute atomic E-state index is 12.5. The van der Waals surface area contributed by atoms with Gasteiger partial charge in [0.2, 0.25) is 11.8 Å². The van der Waals surface area contributed by atoms with Gasteiger partial charge in [-0.05, 0) is 69.5 Å². The van der Waals surface area contributed by atoms with Crippen molar-refractivity contribution in [3.8, 4) is 0 Å². The van der Waals surface area contributed by atoms with Crippen LogP contribution in [0.2, 0.25) is 0 Å². The zero-order valence-electron chi connectivity index (χ0n) is 18.8. The number of benzene rings is 1. The summed E-state index contributed by atoms with van der Waals surface area (Å²) in [6.07, 6.45) is 10.7. The minimum atomic E-state index is -0.931. The molecule has 172 valence electrons. The Hall–Kier alpha value is -2.74. The monoisotopic (exact) mass is 440 g/mol. The van der Waals surface area contributed by atoms with Crippen molar-refractivity contribution in [1.82, 2.24) is 15.5 Å². The number of nitrogens with one attached hydrogen (secondary N) is 3. The van der Waals surface area contributed by atoms with E-state index in [9.17, 15) is 19.2 Å². The van der Waals surface area contributed by atoms with Gasteiger partial charge in [-0.25, -0.2) is 0 Å². The fourth-order valence-corrected chi connectivity index (χ4v) is 5.42. The normalized spacial score (nSPS) is 24.4. The van der Waals surface area contributed by atoms with E-state index in [2.05, 4.69) is 23.0 Å². The molecule has 4 aliphatic rings. The fraction of sp³-hybridized carbons (Fsp3) is 0.583. The number of carbonyl (C=O) groups excluding carboxylic acids is 4. The van der Waals surface area contributed by atoms with E-state index < -0.39 is 23.8 Å². The number of carbonyl (C=O) groups is 4. The molecule has 2 aliphatic heterocycles. The fourth-order valence-electron chi connectivity index (χ4n) is 5.42. The Balaban J connectivity index is 0.000000186. The summed E-state index contributed by atoms with van der Waals surface area (Å²) in [5, 5.41) is 8.42. The zero-order chi connectivity index (χ0) is 22.9. The van der Waals surface area contributed by atoms with Gasteiger partial charge in [0, 0.05) is 25.2 Å². The molecule has 1 atom stereocenters. The number of rotatable bonds is 3. The van der Waals surface area contributed by atoms with Crippen molar-refractivity contribution in [2.45, 2.75) is 69.9 Å². The van der Waals surface area contributed by atoms with Crippen molar-refractivity contribution >= 4 is 29.3 Å². The Morgan fingerprint density at radius 3 is 2.25 bits per heavy atom. The predicted molar refractivity (Wildman–Crippen MR) is 120 cm³/mol. The molecule has 2 heterocycles. The molecule has 3 fully saturated rings. The average Bonchev–Trinajstić information content (AvgIpc) is 3.04. The van der Waals surface area contributed by atoms with Crippen LogP contribution in [0.1, 0.15) is 78.5 Å². The molecular formula is C24H32N4O4. The first kappa shape index (κ1) is 22.5. The Morgan fingerprint density at radius 2 is 1.69 bits per heavy atom. The summed E-state index contributed by atoms with van der Waals surface area (Å²) in [6, 6.07) is 4.82. The summed E-state index contributed by atoms with van der Waals surface area (Å²) >= 11 is 0. The minimum absolute atomic E-state index is 0.114. The van der Waals surface area contributed by atoms with E-state index in [4.69, 9.17) is 0 Å². The first-order chi connectivity index (χ1) is 15.4. The largest absolute Gasteiger partial charge is 0.387 e. The summed E-state index contributed by atoms with van der Waals surface area (Å²) in [5.41, 5.74) is 1.93. The lowest BCUT2D eigenvalue weighted by atomic mass is 9.60. The van der Waals surface area contributed by atoms with Crippen molar-refractivity contribution < 1.29 is 19.2 Å². The highest BCUT2D eigenvalue weighted by Gasteiger charge is 2.45. The quantitative estimate of drug-likeness (QED) is 0.623. The summed E-state index contributed by atoms with van der Waals surface area (Å²) in [7, 11) is 3.76. The number of anilines is 1. The molecule has 1 aromatic carbocycles. The second-order valence-corrected chi connectivity index (χ2v) is 9.34. The lowest BCUT2D eigenvalue weighted by Crippen LogP contribution is -2.54. The molecule has 8 heteroatoms. The maximum Gasteiger partial charge on any atom is 0.264 e. The van der Waals surface area contributed by atoms with Crippen LogP contribution < -0.4 is 16.0 Å². The zero-order valence-corrected chi connectivity index (χ0v) is 18.8. The van der Waals surface area contributed by atoms with Crippen LogP contribution in [0.5, 0.6) is 0 Å². The van der Waals surface area contributed by atoms with Gasteiger partial charge in [0.25, 0.3) is 11.8 Å². The van der Waals surface area contributed by atoms with Gasteiger partial charge in [0.15, 0.2) is 0 Å². The van der Waals surface area contributed by atoms with Gasteiger partial charge in [-0.2, -0.15) is 0 Å². The maximum atomic E-state index is 12.5. The Labute approximate surface area is 188 Å². The summed E-state index contributed by atoms with van der Waals surface area (Å²) in [4.78, 5) is 49.0. The summed E-state index contributed by atoms with van der Waals surface area (Å²) < 4.78 is 0. The van der Waals surface area contributed by atoms with E-state index in [0.717, 1.165) is 16.4 Å².